The molecule has 4 nitrogen and oxygen atoms in total. The summed E-state index contributed by atoms with van der Waals surface area (Å²) in [6, 6.07) is 7.28. The van der Waals surface area contributed by atoms with Crippen LogP contribution >= 0.6 is 0 Å². The van der Waals surface area contributed by atoms with Crippen molar-refractivity contribution in [3.63, 3.8) is 0 Å². The van der Waals surface area contributed by atoms with Gasteiger partial charge in [0.2, 0.25) is 0 Å². The Morgan fingerprint density at radius 2 is 1.89 bits per heavy atom. The Bertz CT molecular complexity index is 352. The molecule has 0 fully saturated rings. The Labute approximate surface area is 115 Å². The van der Waals surface area contributed by atoms with E-state index in [9.17, 15) is 10.2 Å². The minimum absolute atomic E-state index is 0.163. The minimum atomic E-state index is -0.654. The standard InChI is InChI=1S/C15H24O4/c1-3-4-9-18-10-13(17)11-19-15-8-6-5-7-14(15)12(2)16/h5-8,12-13,16-17H,3-4,9-11H2,1-2H3/t12-,13?/m0/s1. The molecule has 0 saturated heterocycles. The molecule has 0 saturated carbocycles. The first-order valence-corrected chi connectivity index (χ1v) is 6.80. The van der Waals surface area contributed by atoms with Crippen LogP contribution in [0, 0.1) is 0 Å². The van der Waals surface area contributed by atoms with E-state index in [4.69, 9.17) is 9.47 Å². The lowest BCUT2D eigenvalue weighted by molar-refractivity contribution is 0.0107. The van der Waals surface area contributed by atoms with Gasteiger partial charge in [-0.15, -0.1) is 0 Å². The van der Waals surface area contributed by atoms with Gasteiger partial charge in [0.15, 0.2) is 0 Å². The second-order valence-corrected chi connectivity index (χ2v) is 4.61. The lowest BCUT2D eigenvalue weighted by Gasteiger charge is -2.16. The Morgan fingerprint density at radius 3 is 2.58 bits per heavy atom. The van der Waals surface area contributed by atoms with Gasteiger partial charge in [-0.25, -0.2) is 0 Å². The number of unbranched alkanes of at least 4 members (excludes halogenated alkanes) is 1. The highest BCUT2D eigenvalue weighted by atomic mass is 16.5. The summed E-state index contributed by atoms with van der Waals surface area (Å²) in [5.74, 6) is 0.602. The lowest BCUT2D eigenvalue weighted by atomic mass is 10.1. The van der Waals surface area contributed by atoms with E-state index in [2.05, 4.69) is 6.92 Å². The minimum Gasteiger partial charge on any atom is -0.490 e. The molecule has 1 aromatic rings. The van der Waals surface area contributed by atoms with Crippen LogP contribution in [0.4, 0.5) is 0 Å². The van der Waals surface area contributed by atoms with Crippen molar-refractivity contribution in [3.05, 3.63) is 29.8 Å². The number of aliphatic hydroxyl groups is 2. The predicted octanol–water partition coefficient (Wildman–Crippen LogP) is 2.30. The molecular formula is C15H24O4. The highest BCUT2D eigenvalue weighted by Gasteiger charge is 2.10. The molecule has 0 aliphatic carbocycles. The molecule has 4 heteroatoms. The van der Waals surface area contributed by atoms with Gasteiger partial charge in [0.25, 0.3) is 0 Å². The van der Waals surface area contributed by atoms with Gasteiger partial charge in [0.05, 0.1) is 12.7 Å². The van der Waals surface area contributed by atoms with Crippen LogP contribution < -0.4 is 4.74 Å². The number of hydrogen-bond acceptors (Lipinski definition) is 4. The van der Waals surface area contributed by atoms with Crippen LogP contribution in [-0.4, -0.2) is 36.1 Å². The zero-order chi connectivity index (χ0) is 14.1. The van der Waals surface area contributed by atoms with Crippen LogP contribution in [0.1, 0.15) is 38.4 Å². The average Bonchev–Trinajstić information content (AvgIpc) is 2.41. The Hall–Kier alpha value is -1.10. The SMILES string of the molecule is CCCCOCC(O)COc1ccccc1[C@H](C)O. The van der Waals surface area contributed by atoms with Gasteiger partial charge in [-0.1, -0.05) is 31.5 Å². The maximum atomic E-state index is 9.73. The van der Waals surface area contributed by atoms with E-state index in [1.165, 1.54) is 0 Å². The first-order chi connectivity index (χ1) is 9.15. The number of rotatable bonds is 9. The van der Waals surface area contributed by atoms with Gasteiger partial charge >= 0.3 is 0 Å². The maximum absolute atomic E-state index is 9.73. The second kappa shape index (κ2) is 8.91. The van der Waals surface area contributed by atoms with Gasteiger partial charge in [-0.3, -0.25) is 0 Å². The molecule has 1 rings (SSSR count). The molecule has 108 valence electrons. The van der Waals surface area contributed by atoms with Gasteiger partial charge in [0.1, 0.15) is 18.5 Å². The first kappa shape index (κ1) is 16.0. The summed E-state index contributed by atoms with van der Waals surface area (Å²) in [6.07, 6.45) is 0.834. The Morgan fingerprint density at radius 1 is 1.16 bits per heavy atom. The molecule has 1 unspecified atom stereocenters. The molecule has 2 N–H and O–H groups in total. The number of para-hydroxylation sites is 1. The van der Waals surface area contributed by atoms with Crippen molar-refractivity contribution in [1.29, 1.82) is 0 Å². The first-order valence-electron chi connectivity index (χ1n) is 6.80. The van der Waals surface area contributed by atoms with Crippen molar-refractivity contribution in [1.82, 2.24) is 0 Å². The largest absolute Gasteiger partial charge is 0.490 e. The number of hydrogen-bond donors (Lipinski definition) is 2. The summed E-state index contributed by atoms with van der Waals surface area (Å²) in [5, 5.41) is 19.3. The van der Waals surface area contributed by atoms with E-state index < -0.39 is 12.2 Å². The van der Waals surface area contributed by atoms with E-state index in [0.29, 0.717) is 12.4 Å². The molecule has 0 aromatic heterocycles. The number of ether oxygens (including phenoxy) is 2. The fourth-order valence-corrected chi connectivity index (χ4v) is 1.66. The smallest absolute Gasteiger partial charge is 0.125 e. The molecule has 2 atom stereocenters. The molecule has 0 heterocycles. The van der Waals surface area contributed by atoms with Gasteiger partial charge < -0.3 is 19.7 Å². The van der Waals surface area contributed by atoms with Gasteiger partial charge in [-0.2, -0.15) is 0 Å². The summed E-state index contributed by atoms with van der Waals surface area (Å²) < 4.78 is 10.8. The lowest BCUT2D eigenvalue weighted by Crippen LogP contribution is -2.24. The number of aliphatic hydroxyl groups excluding tert-OH is 2. The van der Waals surface area contributed by atoms with Crippen molar-refractivity contribution < 1.29 is 19.7 Å². The predicted molar refractivity (Wildman–Crippen MR) is 74.3 cm³/mol. The Kier molecular flexibility index (Phi) is 7.48. The average molecular weight is 268 g/mol. The van der Waals surface area contributed by atoms with Crippen LogP contribution in [0.15, 0.2) is 24.3 Å². The molecule has 0 spiro atoms. The maximum Gasteiger partial charge on any atom is 0.125 e. The van der Waals surface area contributed by atoms with Crippen molar-refractivity contribution in [2.75, 3.05) is 19.8 Å². The van der Waals surface area contributed by atoms with Gasteiger partial charge in [0, 0.05) is 12.2 Å². The summed E-state index contributed by atoms with van der Waals surface area (Å²) in [6.45, 7) is 4.88. The van der Waals surface area contributed by atoms with Crippen molar-refractivity contribution >= 4 is 0 Å². The van der Waals surface area contributed by atoms with E-state index in [1.54, 1.807) is 13.0 Å². The fraction of sp³-hybridized carbons (Fsp3) is 0.600. The zero-order valence-corrected chi connectivity index (χ0v) is 11.7. The molecule has 1 aromatic carbocycles. The van der Waals surface area contributed by atoms with Crippen LogP contribution in [0.3, 0.4) is 0 Å². The summed E-state index contributed by atoms with van der Waals surface area (Å²) in [4.78, 5) is 0. The zero-order valence-electron chi connectivity index (χ0n) is 11.7. The topological polar surface area (TPSA) is 58.9 Å². The normalized spacial score (nSPS) is 14.1. The Balaban J connectivity index is 2.35. The molecule has 0 bridgehead atoms. The molecule has 0 aliphatic heterocycles. The third-order valence-corrected chi connectivity index (χ3v) is 2.75. The summed E-state index contributed by atoms with van der Waals surface area (Å²) in [5.41, 5.74) is 0.724. The molecular weight excluding hydrogens is 244 g/mol. The summed E-state index contributed by atoms with van der Waals surface area (Å²) >= 11 is 0. The molecule has 19 heavy (non-hydrogen) atoms. The van der Waals surface area contributed by atoms with Crippen molar-refractivity contribution in [2.24, 2.45) is 0 Å². The summed E-state index contributed by atoms with van der Waals surface area (Å²) in [7, 11) is 0. The third kappa shape index (κ3) is 6.05. The molecule has 0 aliphatic rings. The number of benzene rings is 1. The van der Waals surface area contributed by atoms with Crippen LogP contribution in [0.5, 0.6) is 5.75 Å². The second-order valence-electron chi connectivity index (χ2n) is 4.61. The highest BCUT2D eigenvalue weighted by Crippen LogP contribution is 2.24. The van der Waals surface area contributed by atoms with Crippen molar-refractivity contribution in [3.8, 4) is 5.75 Å². The van der Waals surface area contributed by atoms with Crippen LogP contribution in [-0.2, 0) is 4.74 Å². The van der Waals surface area contributed by atoms with E-state index in [0.717, 1.165) is 18.4 Å². The molecule has 0 radical (unpaired) electrons. The highest BCUT2D eigenvalue weighted by molar-refractivity contribution is 5.34. The molecule has 0 amide bonds. The van der Waals surface area contributed by atoms with Crippen LogP contribution in [0.2, 0.25) is 0 Å². The van der Waals surface area contributed by atoms with E-state index in [1.807, 2.05) is 18.2 Å². The quantitative estimate of drug-likeness (QED) is 0.675. The van der Waals surface area contributed by atoms with Crippen molar-refractivity contribution in [2.45, 2.75) is 38.9 Å². The van der Waals surface area contributed by atoms with Gasteiger partial charge in [-0.05, 0) is 19.4 Å². The van der Waals surface area contributed by atoms with E-state index >= 15 is 0 Å². The third-order valence-electron chi connectivity index (χ3n) is 2.75. The monoisotopic (exact) mass is 268 g/mol. The van der Waals surface area contributed by atoms with E-state index in [-0.39, 0.29) is 13.2 Å². The van der Waals surface area contributed by atoms with Crippen LogP contribution in [0.25, 0.3) is 0 Å². The fourth-order valence-electron chi connectivity index (χ4n) is 1.66.